The lowest BCUT2D eigenvalue weighted by Crippen LogP contribution is -2.36. The molecule has 134 valence electrons. The van der Waals surface area contributed by atoms with Crippen molar-refractivity contribution in [3.63, 3.8) is 0 Å². The van der Waals surface area contributed by atoms with Crippen LogP contribution in [0.15, 0.2) is 26.0 Å². The van der Waals surface area contributed by atoms with Crippen LogP contribution >= 0.6 is 0 Å². The van der Waals surface area contributed by atoms with E-state index < -0.39 is 17.1 Å². The van der Waals surface area contributed by atoms with Gasteiger partial charge in [0.1, 0.15) is 6.10 Å². The van der Waals surface area contributed by atoms with Gasteiger partial charge in [-0.3, -0.25) is 13.9 Å². The number of nitrogens with zero attached hydrogens (tertiary/aromatic N) is 6. The van der Waals surface area contributed by atoms with Crippen LogP contribution in [0.5, 0.6) is 5.88 Å². The maximum Gasteiger partial charge on any atom is 0.333 e. The summed E-state index contributed by atoms with van der Waals surface area (Å²) in [6.07, 6.45) is 1.12. The third kappa shape index (κ3) is 3.61. The molecule has 0 aromatic carbocycles. The van der Waals surface area contributed by atoms with Crippen molar-refractivity contribution in [2.24, 2.45) is 24.3 Å². The van der Waals surface area contributed by atoms with Crippen molar-refractivity contribution >= 4 is 11.6 Å². The van der Waals surface area contributed by atoms with E-state index in [4.69, 9.17) is 4.89 Å². The molecule has 0 amide bonds. The van der Waals surface area contributed by atoms with Crippen LogP contribution in [0.1, 0.15) is 24.3 Å². The van der Waals surface area contributed by atoms with Crippen molar-refractivity contribution in [1.29, 1.82) is 0 Å². The molecule has 0 aliphatic rings. The summed E-state index contributed by atoms with van der Waals surface area (Å²) in [5.41, 5.74) is -0.552. The highest BCUT2D eigenvalue weighted by molar-refractivity contribution is 5.44. The summed E-state index contributed by atoms with van der Waals surface area (Å²) in [4.78, 5) is 41.5. The van der Waals surface area contributed by atoms with Gasteiger partial charge in [-0.15, -0.1) is 10.2 Å². The number of rotatable bonds is 5. The van der Waals surface area contributed by atoms with Crippen LogP contribution in [0.4, 0.5) is 11.6 Å². The zero-order valence-electron chi connectivity index (χ0n) is 14.4. The second kappa shape index (κ2) is 7.32. The highest BCUT2D eigenvalue weighted by atomic mass is 17.2. The van der Waals surface area contributed by atoms with Crippen LogP contribution in [-0.4, -0.2) is 31.3 Å². The zero-order valence-corrected chi connectivity index (χ0v) is 14.4. The third-order valence-corrected chi connectivity index (χ3v) is 3.53. The Morgan fingerprint density at radius 3 is 2.52 bits per heavy atom. The summed E-state index contributed by atoms with van der Waals surface area (Å²) >= 11 is 0. The van der Waals surface area contributed by atoms with Crippen molar-refractivity contribution < 1.29 is 14.9 Å². The van der Waals surface area contributed by atoms with E-state index in [2.05, 4.69) is 25.1 Å². The number of aryl methyl sites for hydroxylation is 1. The van der Waals surface area contributed by atoms with Crippen LogP contribution < -0.4 is 11.2 Å². The summed E-state index contributed by atoms with van der Waals surface area (Å²) in [7, 11) is 3.98. The molecule has 0 aliphatic carbocycles. The molecule has 1 unspecified atom stereocenters. The van der Waals surface area contributed by atoms with Crippen LogP contribution in [0.2, 0.25) is 0 Å². The molecule has 2 rings (SSSR count). The fourth-order valence-electron chi connectivity index (χ4n) is 2.11. The monoisotopic (exact) mass is 350 g/mol. The van der Waals surface area contributed by atoms with Gasteiger partial charge in [0.25, 0.3) is 11.5 Å². The van der Waals surface area contributed by atoms with Crippen molar-refractivity contribution in [2.45, 2.75) is 20.0 Å². The van der Waals surface area contributed by atoms with Gasteiger partial charge >= 0.3 is 5.69 Å². The van der Waals surface area contributed by atoms with Crippen molar-refractivity contribution in [3.8, 4) is 5.88 Å². The molecule has 1 atom stereocenters. The zero-order chi connectivity index (χ0) is 18.7. The van der Waals surface area contributed by atoms with Crippen LogP contribution in [0, 0.1) is 6.92 Å². The van der Waals surface area contributed by atoms with Gasteiger partial charge in [-0.2, -0.15) is 0 Å². The maximum absolute atomic E-state index is 12.0. The standard InChI is InChI=1S/C14H18N6O5/c1-7-9(8(2)25-24-5)6-15-13(16-7)18-17-10-11(21)19(3)14(23)20(4)12(10)22/h6,8,21H,1-5H3. The second-order valence-electron chi connectivity index (χ2n) is 5.19. The van der Waals surface area contributed by atoms with E-state index in [1.807, 2.05) is 0 Å². The molecule has 0 radical (unpaired) electrons. The summed E-state index contributed by atoms with van der Waals surface area (Å²) < 4.78 is 1.70. The number of aromatic nitrogens is 4. The first-order valence-electron chi connectivity index (χ1n) is 7.21. The highest BCUT2D eigenvalue weighted by Gasteiger charge is 2.15. The summed E-state index contributed by atoms with van der Waals surface area (Å²) in [6, 6.07) is 0. The topological polar surface area (TPSA) is 133 Å². The quantitative estimate of drug-likeness (QED) is 0.482. The number of azo groups is 1. The number of hydrogen-bond acceptors (Lipinski definition) is 9. The maximum atomic E-state index is 12.0. The Hall–Kier alpha value is -2.92. The van der Waals surface area contributed by atoms with Crippen molar-refractivity contribution in [1.82, 2.24) is 19.1 Å². The van der Waals surface area contributed by atoms with Crippen LogP contribution in [-0.2, 0) is 23.9 Å². The van der Waals surface area contributed by atoms with Gasteiger partial charge in [-0.05, 0) is 13.8 Å². The smallest absolute Gasteiger partial charge is 0.333 e. The van der Waals surface area contributed by atoms with Gasteiger partial charge in [0.2, 0.25) is 11.6 Å². The van der Waals surface area contributed by atoms with Gasteiger partial charge in [0, 0.05) is 31.5 Å². The average molecular weight is 350 g/mol. The molecule has 11 nitrogen and oxygen atoms in total. The molecule has 2 heterocycles. The Morgan fingerprint density at radius 2 is 1.92 bits per heavy atom. The Labute approximate surface area is 142 Å². The molecule has 0 saturated carbocycles. The summed E-state index contributed by atoms with van der Waals surface area (Å²) in [5.74, 6) is -0.603. The lowest BCUT2D eigenvalue weighted by Gasteiger charge is -2.11. The Morgan fingerprint density at radius 1 is 1.24 bits per heavy atom. The Kier molecular flexibility index (Phi) is 5.39. The first-order chi connectivity index (χ1) is 11.8. The molecule has 0 aliphatic heterocycles. The van der Waals surface area contributed by atoms with E-state index in [1.165, 1.54) is 27.4 Å². The van der Waals surface area contributed by atoms with E-state index in [9.17, 15) is 14.7 Å². The molecule has 2 aromatic heterocycles. The van der Waals surface area contributed by atoms with Gasteiger partial charge < -0.3 is 5.11 Å². The van der Waals surface area contributed by atoms with Crippen LogP contribution in [0.3, 0.4) is 0 Å². The van der Waals surface area contributed by atoms with Crippen molar-refractivity contribution in [2.75, 3.05) is 7.11 Å². The molecular weight excluding hydrogens is 332 g/mol. The average Bonchev–Trinajstić information content (AvgIpc) is 2.58. The molecule has 0 fully saturated rings. The lowest BCUT2D eigenvalue weighted by atomic mass is 10.1. The van der Waals surface area contributed by atoms with E-state index >= 15 is 0 Å². The van der Waals surface area contributed by atoms with E-state index in [0.29, 0.717) is 11.3 Å². The molecule has 0 spiro atoms. The largest absolute Gasteiger partial charge is 0.493 e. The SMILES string of the molecule is COOC(C)c1cnc(N=Nc2c(O)n(C)c(=O)n(C)c2=O)nc1C. The first-order valence-corrected chi connectivity index (χ1v) is 7.21. The third-order valence-electron chi connectivity index (χ3n) is 3.53. The molecule has 0 saturated heterocycles. The minimum atomic E-state index is -0.778. The second-order valence-corrected chi connectivity index (χ2v) is 5.19. The predicted molar refractivity (Wildman–Crippen MR) is 86.0 cm³/mol. The van der Waals surface area contributed by atoms with E-state index in [0.717, 1.165) is 9.13 Å². The van der Waals surface area contributed by atoms with E-state index in [1.54, 1.807) is 13.8 Å². The lowest BCUT2D eigenvalue weighted by molar-refractivity contribution is -0.303. The highest BCUT2D eigenvalue weighted by Crippen LogP contribution is 2.23. The molecule has 11 heteroatoms. The van der Waals surface area contributed by atoms with Gasteiger partial charge in [-0.1, -0.05) is 0 Å². The van der Waals surface area contributed by atoms with Crippen LogP contribution in [0.25, 0.3) is 0 Å². The summed E-state index contributed by atoms with van der Waals surface area (Å²) in [5, 5.41) is 17.4. The van der Waals surface area contributed by atoms with Gasteiger partial charge in [0.05, 0.1) is 7.11 Å². The molecule has 1 N–H and O–H groups in total. The molecular formula is C14H18N6O5. The fourth-order valence-corrected chi connectivity index (χ4v) is 2.11. The Bertz CT molecular complexity index is 933. The fraction of sp³-hybridized carbons (Fsp3) is 0.429. The Balaban J connectivity index is 2.40. The van der Waals surface area contributed by atoms with E-state index in [-0.39, 0.29) is 17.7 Å². The van der Waals surface area contributed by atoms with Gasteiger partial charge in [0.15, 0.2) is 0 Å². The number of hydrogen-bond donors (Lipinski definition) is 1. The van der Waals surface area contributed by atoms with Gasteiger partial charge in [-0.25, -0.2) is 24.5 Å². The minimum absolute atomic E-state index is 0.0128. The molecule has 2 aromatic rings. The minimum Gasteiger partial charge on any atom is -0.493 e. The first kappa shape index (κ1) is 18.4. The number of aromatic hydroxyl groups is 1. The van der Waals surface area contributed by atoms with Crippen molar-refractivity contribution in [3.05, 3.63) is 38.3 Å². The normalized spacial score (nSPS) is 12.7. The predicted octanol–water partition coefficient (Wildman–Crippen LogP) is 0.942. The molecule has 0 bridgehead atoms. The molecule has 25 heavy (non-hydrogen) atoms. The summed E-state index contributed by atoms with van der Waals surface area (Å²) in [6.45, 7) is 3.50.